The van der Waals surface area contributed by atoms with Gasteiger partial charge in [0.1, 0.15) is 17.5 Å². The largest absolute Gasteiger partial charge is 0.507 e. The van der Waals surface area contributed by atoms with Crippen molar-refractivity contribution in [3.8, 4) is 28.4 Å². The Morgan fingerprint density at radius 1 is 0.971 bits per heavy atom. The zero-order valence-corrected chi connectivity index (χ0v) is 40.4. The fourth-order valence-corrected chi connectivity index (χ4v) is 10.3. The second-order valence-corrected chi connectivity index (χ2v) is 20.2. The number of phenolic OH excluding ortho intramolecular Hbond substituents is 1. The van der Waals surface area contributed by atoms with Crippen LogP contribution in [0.25, 0.3) is 27.4 Å². The molecule has 20 nitrogen and oxygen atoms in total. The van der Waals surface area contributed by atoms with Crippen LogP contribution in [-0.4, -0.2) is 95.2 Å². The molecule has 3 heterocycles. The standard InChI is InChI=1S/C47H59N11O9S2/c1-28(10-9-12-41-43-37(27-68-41)53-47(64)54-43)44(61)51-23-7-4-5-13-42(60)50-22-8-6-11-36(52-45(62)31-14-16-32(17-15-31)55-57-48)46(63)67-40-26-35(39(59)24-29(40)2)38-25-30(3)56-58(38)33-18-20-34(21-19-33)69(49,65)66/h14-21,24-26,28,36-37,41,43,59H,4-13,22-23,27H2,1-3H3,(H,50,60)(H,51,61)(H,52,62)(H2,49,65,66)(H2,53,54,64)/t28?,36-,37-,41-,43-/m0/s1. The Labute approximate surface area is 405 Å². The van der Waals surface area contributed by atoms with Gasteiger partial charge in [-0.2, -0.15) is 16.9 Å². The summed E-state index contributed by atoms with van der Waals surface area (Å²) < 4.78 is 31.1. The molecule has 0 bridgehead atoms. The van der Waals surface area contributed by atoms with E-state index in [9.17, 15) is 37.5 Å². The SMILES string of the molecule is Cc1cc(-c2cc(OC(=O)[C@H](CCCCNC(=O)CCCCCNC(=O)C(C)CCC[C@@H]3SC[C@@H]4NC(=O)N[C@@H]43)NC(=O)c3ccc(N=[N+]=[N-])cc3)c(C)cc2O)n(-c2ccc(S(N)(=O)=O)cc2)n1. The number of phenols is 1. The number of amides is 5. The van der Waals surface area contributed by atoms with Crippen LogP contribution in [0.15, 0.2) is 76.7 Å². The zero-order chi connectivity index (χ0) is 49.7. The molecule has 4 aromatic rings. The summed E-state index contributed by atoms with van der Waals surface area (Å²) in [6.45, 7) is 6.20. The van der Waals surface area contributed by atoms with Crippen LogP contribution in [0.1, 0.15) is 92.7 Å². The number of hydrogen-bond acceptors (Lipinski definition) is 12. The van der Waals surface area contributed by atoms with Gasteiger partial charge < -0.3 is 36.4 Å². The number of aromatic hydroxyl groups is 1. The number of unbranched alkanes of at least 4 members (excludes halogenated alkanes) is 3. The molecule has 1 aromatic heterocycles. The molecule has 0 spiro atoms. The molecule has 0 radical (unpaired) electrons. The zero-order valence-electron chi connectivity index (χ0n) is 38.8. The lowest BCUT2D eigenvalue weighted by Crippen LogP contribution is -2.43. The fraction of sp³-hybridized carbons (Fsp3) is 0.447. The molecule has 2 aliphatic heterocycles. The quantitative estimate of drug-likeness (QED) is 0.00801. The van der Waals surface area contributed by atoms with Crippen molar-refractivity contribution in [3.63, 3.8) is 0 Å². The number of benzene rings is 3. The summed E-state index contributed by atoms with van der Waals surface area (Å²) in [4.78, 5) is 66.9. The second-order valence-electron chi connectivity index (χ2n) is 17.3. The summed E-state index contributed by atoms with van der Waals surface area (Å²) in [6.07, 6.45) is 6.21. The number of hydrogen-bond donors (Lipinski definition) is 7. The Balaban J connectivity index is 0.974. The fourth-order valence-electron chi connectivity index (χ4n) is 8.22. The average molecular weight is 986 g/mol. The first kappa shape index (κ1) is 51.8. The lowest BCUT2D eigenvalue weighted by atomic mass is 9.98. The van der Waals surface area contributed by atoms with Gasteiger partial charge in [-0.3, -0.25) is 14.4 Å². The van der Waals surface area contributed by atoms with E-state index in [0.29, 0.717) is 72.3 Å². The molecule has 0 aliphatic carbocycles. The van der Waals surface area contributed by atoms with Crippen LogP contribution < -0.4 is 36.5 Å². The third kappa shape index (κ3) is 14.5. The number of nitrogens with one attached hydrogen (secondary N) is 5. The first-order valence-corrected chi connectivity index (χ1v) is 25.5. The first-order chi connectivity index (χ1) is 33.0. The lowest BCUT2D eigenvalue weighted by Gasteiger charge is -2.19. The molecular weight excluding hydrogens is 927 g/mol. The van der Waals surface area contributed by atoms with Gasteiger partial charge in [0.2, 0.25) is 21.8 Å². The molecule has 6 rings (SSSR count). The normalized spacial score (nSPS) is 17.1. The molecule has 2 aliphatic rings. The van der Waals surface area contributed by atoms with E-state index in [1.807, 2.05) is 18.7 Å². The van der Waals surface area contributed by atoms with Crippen molar-refractivity contribution < 1.29 is 42.2 Å². The molecular formula is C47H59N11O9S2. The summed E-state index contributed by atoms with van der Waals surface area (Å²) in [6, 6.07) is 15.3. The number of aryl methyl sites for hydroxylation is 2. The monoisotopic (exact) mass is 985 g/mol. The predicted octanol–water partition coefficient (Wildman–Crippen LogP) is 6.09. The summed E-state index contributed by atoms with van der Waals surface area (Å²) in [5, 5.41) is 39.5. The van der Waals surface area contributed by atoms with E-state index in [-0.39, 0.29) is 69.8 Å². The van der Waals surface area contributed by atoms with Crippen LogP contribution in [0.4, 0.5) is 10.5 Å². The minimum absolute atomic E-state index is 0.0204. The average Bonchev–Trinajstić information content (AvgIpc) is 4.01. The molecule has 69 heavy (non-hydrogen) atoms. The number of azide groups is 1. The lowest BCUT2D eigenvalue weighted by molar-refractivity contribution is -0.136. The summed E-state index contributed by atoms with van der Waals surface area (Å²) in [7, 11) is -3.94. The smallest absolute Gasteiger partial charge is 0.334 e. The highest BCUT2D eigenvalue weighted by atomic mass is 32.2. The van der Waals surface area contributed by atoms with Crippen molar-refractivity contribution in [2.45, 2.75) is 113 Å². The highest BCUT2D eigenvalue weighted by Crippen LogP contribution is 2.37. The number of esters is 1. The van der Waals surface area contributed by atoms with Crippen LogP contribution in [0, 0.1) is 19.8 Å². The number of carbonyl (C=O) groups excluding carboxylic acids is 5. The van der Waals surface area contributed by atoms with Gasteiger partial charge >= 0.3 is 12.0 Å². The maximum absolute atomic E-state index is 13.9. The maximum Gasteiger partial charge on any atom is 0.334 e. The van der Waals surface area contributed by atoms with Crippen LogP contribution in [0.2, 0.25) is 0 Å². The number of sulfonamides is 1. The molecule has 5 atom stereocenters. The van der Waals surface area contributed by atoms with E-state index in [2.05, 4.69) is 41.7 Å². The third-order valence-electron chi connectivity index (χ3n) is 12.0. The molecule has 0 saturated carbocycles. The molecule has 2 fully saturated rings. The first-order valence-electron chi connectivity index (χ1n) is 23.0. The van der Waals surface area contributed by atoms with Crippen molar-refractivity contribution in [3.05, 3.63) is 94.0 Å². The van der Waals surface area contributed by atoms with Gasteiger partial charge in [-0.25, -0.2) is 27.8 Å². The Hall–Kier alpha value is -6.61. The number of carbonyl (C=O) groups is 5. The topological polar surface area (TPSA) is 302 Å². The maximum atomic E-state index is 13.9. The number of nitrogens with two attached hydrogens (primary N) is 1. The summed E-state index contributed by atoms with van der Waals surface area (Å²) >= 11 is 1.87. The van der Waals surface area contributed by atoms with Gasteiger partial charge in [-0.1, -0.05) is 37.0 Å². The van der Waals surface area contributed by atoms with Crippen molar-refractivity contribution in [1.29, 1.82) is 0 Å². The molecule has 5 amide bonds. The Bertz CT molecular complexity index is 2660. The van der Waals surface area contributed by atoms with Gasteiger partial charge in [-0.05, 0) is 124 Å². The summed E-state index contributed by atoms with van der Waals surface area (Å²) in [5.74, 6) is -0.675. The number of urea groups is 1. The van der Waals surface area contributed by atoms with E-state index in [0.717, 1.165) is 37.9 Å². The Kier molecular flexibility index (Phi) is 18.1. The van der Waals surface area contributed by atoms with Gasteiger partial charge in [-0.15, -0.1) is 0 Å². The molecule has 2 saturated heterocycles. The van der Waals surface area contributed by atoms with Crippen molar-refractivity contribution in [1.82, 2.24) is 36.4 Å². The van der Waals surface area contributed by atoms with Crippen molar-refractivity contribution >= 4 is 57.2 Å². The van der Waals surface area contributed by atoms with Crippen LogP contribution >= 0.6 is 11.8 Å². The van der Waals surface area contributed by atoms with Crippen LogP contribution in [-0.2, 0) is 24.4 Å². The second kappa shape index (κ2) is 24.1. The Morgan fingerprint density at radius 3 is 2.42 bits per heavy atom. The van der Waals surface area contributed by atoms with Crippen LogP contribution in [0.3, 0.4) is 0 Å². The van der Waals surface area contributed by atoms with Gasteiger partial charge in [0, 0.05) is 58.2 Å². The number of fused-ring (bicyclic) bond motifs is 1. The van der Waals surface area contributed by atoms with E-state index in [1.165, 1.54) is 65.3 Å². The minimum Gasteiger partial charge on any atom is -0.507 e. The van der Waals surface area contributed by atoms with Crippen LogP contribution in [0.5, 0.6) is 11.5 Å². The van der Waals surface area contributed by atoms with Crippen molar-refractivity contribution in [2.24, 2.45) is 16.2 Å². The Morgan fingerprint density at radius 2 is 1.70 bits per heavy atom. The number of nitrogens with zero attached hydrogens (tertiary/aromatic N) is 5. The molecule has 22 heteroatoms. The number of primary sulfonamides is 1. The molecule has 368 valence electrons. The van der Waals surface area contributed by atoms with E-state index in [1.54, 1.807) is 19.9 Å². The highest BCUT2D eigenvalue weighted by Gasteiger charge is 2.42. The minimum atomic E-state index is -3.94. The van der Waals surface area contributed by atoms with Gasteiger partial charge in [0.15, 0.2) is 0 Å². The summed E-state index contributed by atoms with van der Waals surface area (Å²) in [5.41, 5.74) is 11.4. The van der Waals surface area contributed by atoms with E-state index >= 15 is 0 Å². The number of ether oxygens (including phenoxy) is 1. The van der Waals surface area contributed by atoms with Crippen molar-refractivity contribution in [2.75, 3.05) is 18.8 Å². The highest BCUT2D eigenvalue weighted by molar-refractivity contribution is 8.00. The number of thioether (sulfide) groups is 1. The van der Waals surface area contributed by atoms with Gasteiger partial charge in [0.05, 0.1) is 34.1 Å². The van der Waals surface area contributed by atoms with E-state index in [4.69, 9.17) is 15.4 Å². The molecule has 8 N–H and O–H groups in total. The third-order valence-corrected chi connectivity index (χ3v) is 14.5. The van der Waals surface area contributed by atoms with E-state index < -0.39 is 27.9 Å². The number of rotatable bonds is 24. The number of aromatic nitrogens is 2. The van der Waals surface area contributed by atoms with Gasteiger partial charge in [0.25, 0.3) is 5.91 Å². The molecule has 1 unspecified atom stereocenters. The molecule has 3 aromatic carbocycles. The predicted molar refractivity (Wildman–Crippen MR) is 260 cm³/mol.